The van der Waals surface area contributed by atoms with Gasteiger partial charge in [0.15, 0.2) is 5.69 Å². The zero-order chi connectivity index (χ0) is 14.7. The lowest BCUT2D eigenvalue weighted by Gasteiger charge is -2.09. The second-order valence-electron chi connectivity index (χ2n) is 4.17. The van der Waals surface area contributed by atoms with Crippen LogP contribution < -0.4 is 4.74 Å². The molecule has 0 radical (unpaired) electrons. The normalized spacial score (nSPS) is 10.6. The van der Waals surface area contributed by atoms with Gasteiger partial charge in [0.2, 0.25) is 0 Å². The predicted molar refractivity (Wildman–Crippen MR) is 73.9 cm³/mol. The number of aromatic nitrogens is 3. The van der Waals surface area contributed by atoms with Gasteiger partial charge in [0.05, 0.1) is 23.5 Å². The molecule has 2 aromatic rings. The van der Waals surface area contributed by atoms with Gasteiger partial charge in [0.25, 0.3) is 0 Å². The smallest absolute Gasteiger partial charge is 0.358 e. The minimum atomic E-state index is -1.10. The molecule has 1 heterocycles. The summed E-state index contributed by atoms with van der Waals surface area (Å²) in [6.07, 6.45) is 1.32. The van der Waals surface area contributed by atoms with Gasteiger partial charge in [0.1, 0.15) is 5.75 Å². The number of rotatable bonds is 5. The summed E-state index contributed by atoms with van der Waals surface area (Å²) in [5.74, 6) is -0.488. The van der Waals surface area contributed by atoms with Crippen molar-refractivity contribution in [3.63, 3.8) is 0 Å². The molecular weight excluding hydrogens is 282 g/mol. The van der Waals surface area contributed by atoms with E-state index in [1.54, 1.807) is 25.3 Å². The van der Waals surface area contributed by atoms with Gasteiger partial charge >= 0.3 is 5.97 Å². The van der Waals surface area contributed by atoms with Crippen LogP contribution in [0.25, 0.3) is 5.69 Å². The Kier molecular flexibility index (Phi) is 4.24. The van der Waals surface area contributed by atoms with Crippen molar-refractivity contribution in [1.29, 1.82) is 0 Å². The highest BCUT2D eigenvalue weighted by atomic mass is 35.5. The van der Waals surface area contributed by atoms with Crippen molar-refractivity contribution in [1.82, 2.24) is 15.0 Å². The van der Waals surface area contributed by atoms with Crippen LogP contribution >= 0.6 is 11.6 Å². The van der Waals surface area contributed by atoms with E-state index in [1.807, 2.05) is 6.92 Å². The van der Waals surface area contributed by atoms with Gasteiger partial charge in [-0.1, -0.05) is 30.2 Å². The average Bonchev–Trinajstić information content (AvgIpc) is 2.83. The van der Waals surface area contributed by atoms with Gasteiger partial charge < -0.3 is 9.84 Å². The molecule has 0 bridgehead atoms. The molecule has 6 nitrogen and oxygen atoms in total. The van der Waals surface area contributed by atoms with Crippen LogP contribution in [0.15, 0.2) is 18.2 Å². The molecule has 106 valence electrons. The molecule has 7 heteroatoms. The van der Waals surface area contributed by atoms with Crippen molar-refractivity contribution in [2.24, 2.45) is 0 Å². The molecule has 0 aliphatic rings. The number of benzene rings is 1. The van der Waals surface area contributed by atoms with E-state index >= 15 is 0 Å². The fourth-order valence-electron chi connectivity index (χ4n) is 1.90. The van der Waals surface area contributed by atoms with Crippen molar-refractivity contribution in [3.8, 4) is 11.4 Å². The van der Waals surface area contributed by atoms with E-state index in [0.29, 0.717) is 28.6 Å². The number of hydrogen-bond donors (Lipinski definition) is 1. The summed E-state index contributed by atoms with van der Waals surface area (Å²) in [5, 5.41) is 17.2. The number of halogens is 1. The second-order valence-corrected chi connectivity index (χ2v) is 4.58. The Bertz CT molecular complexity index is 640. The minimum Gasteiger partial charge on any atom is -0.497 e. The number of methoxy groups -OCH3 is 1. The van der Waals surface area contributed by atoms with Crippen LogP contribution in [0.4, 0.5) is 0 Å². The quantitative estimate of drug-likeness (QED) is 0.917. The summed E-state index contributed by atoms with van der Waals surface area (Å²) in [7, 11) is 1.55. The molecule has 0 aliphatic heterocycles. The molecule has 2 rings (SSSR count). The van der Waals surface area contributed by atoms with Crippen molar-refractivity contribution >= 4 is 17.6 Å². The third kappa shape index (κ3) is 2.60. The maximum Gasteiger partial charge on any atom is 0.358 e. The van der Waals surface area contributed by atoms with Crippen molar-refractivity contribution in [3.05, 3.63) is 34.6 Å². The first kappa shape index (κ1) is 14.3. The van der Waals surface area contributed by atoms with E-state index in [0.717, 1.165) is 6.42 Å². The van der Waals surface area contributed by atoms with Crippen LogP contribution in [0, 0.1) is 0 Å². The van der Waals surface area contributed by atoms with Crippen LogP contribution in [-0.4, -0.2) is 33.2 Å². The van der Waals surface area contributed by atoms with Crippen LogP contribution in [0.3, 0.4) is 0 Å². The zero-order valence-corrected chi connectivity index (χ0v) is 11.9. The maximum absolute atomic E-state index is 11.2. The molecule has 0 saturated heterocycles. The maximum atomic E-state index is 11.2. The van der Waals surface area contributed by atoms with Gasteiger partial charge in [-0.2, -0.15) is 0 Å². The molecular formula is C13H14ClN3O3. The zero-order valence-electron chi connectivity index (χ0n) is 11.1. The van der Waals surface area contributed by atoms with Gasteiger partial charge in [-0.3, -0.25) is 0 Å². The van der Waals surface area contributed by atoms with Crippen LogP contribution in [0.2, 0.25) is 5.02 Å². The van der Waals surface area contributed by atoms with Gasteiger partial charge in [-0.15, -0.1) is 5.10 Å². The summed E-state index contributed by atoms with van der Waals surface area (Å²) in [6, 6.07) is 5.09. The standard InChI is InChI=1S/C13H14ClN3O3/c1-3-4-10-12(13(18)19)15-16-17(10)11-7-8(20-2)5-6-9(11)14/h5-7H,3-4H2,1-2H3,(H,18,19). The fraction of sp³-hybridized carbons (Fsp3) is 0.308. The van der Waals surface area contributed by atoms with E-state index in [2.05, 4.69) is 10.3 Å². The Morgan fingerprint density at radius 1 is 1.50 bits per heavy atom. The first-order valence-electron chi connectivity index (χ1n) is 6.10. The molecule has 0 unspecified atom stereocenters. The lowest BCUT2D eigenvalue weighted by Crippen LogP contribution is -2.07. The van der Waals surface area contributed by atoms with Crippen LogP contribution in [0.1, 0.15) is 29.5 Å². The summed E-state index contributed by atoms with van der Waals surface area (Å²) >= 11 is 6.16. The Morgan fingerprint density at radius 3 is 2.85 bits per heavy atom. The molecule has 1 aromatic carbocycles. The van der Waals surface area contributed by atoms with Gasteiger partial charge in [-0.25, -0.2) is 9.48 Å². The second kappa shape index (κ2) is 5.92. The number of nitrogens with zero attached hydrogens (tertiary/aromatic N) is 3. The molecule has 1 N–H and O–H groups in total. The first-order valence-corrected chi connectivity index (χ1v) is 6.48. The van der Waals surface area contributed by atoms with Crippen molar-refractivity contribution in [2.45, 2.75) is 19.8 Å². The van der Waals surface area contributed by atoms with E-state index in [4.69, 9.17) is 21.4 Å². The third-order valence-electron chi connectivity index (χ3n) is 2.83. The topological polar surface area (TPSA) is 77.2 Å². The summed E-state index contributed by atoms with van der Waals surface area (Å²) in [6.45, 7) is 1.95. The highest BCUT2D eigenvalue weighted by molar-refractivity contribution is 6.32. The highest BCUT2D eigenvalue weighted by Gasteiger charge is 2.20. The lowest BCUT2D eigenvalue weighted by atomic mass is 10.2. The van der Waals surface area contributed by atoms with Gasteiger partial charge in [0, 0.05) is 6.07 Å². The number of aromatic carboxylic acids is 1. The number of carboxylic acids is 1. The molecule has 1 aromatic heterocycles. The predicted octanol–water partition coefficient (Wildman–Crippen LogP) is 2.58. The Labute approximate surface area is 120 Å². The Morgan fingerprint density at radius 2 is 2.25 bits per heavy atom. The largest absolute Gasteiger partial charge is 0.497 e. The number of carboxylic acid groups (broad SMARTS) is 1. The molecule has 20 heavy (non-hydrogen) atoms. The van der Waals surface area contributed by atoms with E-state index in [-0.39, 0.29) is 5.69 Å². The highest BCUT2D eigenvalue weighted by Crippen LogP contribution is 2.27. The molecule has 0 fully saturated rings. The van der Waals surface area contributed by atoms with Crippen LogP contribution in [-0.2, 0) is 6.42 Å². The molecule has 0 atom stereocenters. The van der Waals surface area contributed by atoms with Crippen molar-refractivity contribution < 1.29 is 14.6 Å². The minimum absolute atomic E-state index is 0.0502. The molecule has 0 spiro atoms. The van der Waals surface area contributed by atoms with E-state index < -0.39 is 5.97 Å². The SMILES string of the molecule is CCCc1c(C(=O)O)nnn1-c1cc(OC)ccc1Cl. The van der Waals surface area contributed by atoms with Gasteiger partial charge in [-0.05, 0) is 18.6 Å². The molecule has 0 aliphatic carbocycles. The fourth-order valence-corrected chi connectivity index (χ4v) is 2.10. The van der Waals surface area contributed by atoms with Crippen molar-refractivity contribution in [2.75, 3.05) is 7.11 Å². The number of hydrogen-bond acceptors (Lipinski definition) is 4. The molecule has 0 saturated carbocycles. The van der Waals surface area contributed by atoms with E-state index in [1.165, 1.54) is 4.68 Å². The summed E-state index contributed by atoms with van der Waals surface area (Å²) < 4.78 is 6.61. The summed E-state index contributed by atoms with van der Waals surface area (Å²) in [4.78, 5) is 11.2. The Hall–Kier alpha value is -2.08. The monoisotopic (exact) mass is 295 g/mol. The Balaban J connectivity index is 2.60. The number of carbonyl (C=O) groups is 1. The van der Waals surface area contributed by atoms with Crippen LogP contribution in [0.5, 0.6) is 5.75 Å². The number of ether oxygens (including phenoxy) is 1. The average molecular weight is 296 g/mol. The summed E-state index contributed by atoms with van der Waals surface area (Å²) in [5.41, 5.74) is 1.02. The third-order valence-corrected chi connectivity index (χ3v) is 3.15. The lowest BCUT2D eigenvalue weighted by molar-refractivity contribution is 0.0689. The van der Waals surface area contributed by atoms with E-state index in [9.17, 15) is 4.79 Å². The first-order chi connectivity index (χ1) is 9.58. The molecule has 0 amide bonds.